The fourth-order valence-corrected chi connectivity index (χ4v) is 2.13. The molecule has 116 valence electrons. The van der Waals surface area contributed by atoms with Crippen LogP contribution < -0.4 is 0 Å². The summed E-state index contributed by atoms with van der Waals surface area (Å²) in [5.74, 6) is -1.32. The number of hydrogen-bond acceptors (Lipinski definition) is 3. The molecule has 0 saturated heterocycles. The van der Waals surface area contributed by atoms with Crippen LogP contribution >= 0.6 is 0 Å². The van der Waals surface area contributed by atoms with Gasteiger partial charge in [0.15, 0.2) is 5.79 Å². The lowest BCUT2D eigenvalue weighted by molar-refractivity contribution is -0.180. The lowest BCUT2D eigenvalue weighted by Gasteiger charge is -2.25. The molecule has 0 radical (unpaired) electrons. The maximum atomic E-state index is 8.93. The first kappa shape index (κ1) is 18.9. The molecule has 0 aromatic carbocycles. The molecule has 1 saturated carbocycles. The van der Waals surface area contributed by atoms with Crippen LogP contribution in [0.2, 0.25) is 0 Å². The van der Waals surface area contributed by atoms with E-state index in [0.29, 0.717) is 12.8 Å². The number of ether oxygens (including phenoxy) is 1. The fraction of sp³-hybridized carbons (Fsp3) is 1.00. The molecule has 0 bridgehead atoms. The molecule has 0 aliphatic heterocycles. The summed E-state index contributed by atoms with van der Waals surface area (Å²) in [7, 11) is 0. The molecular formula is C16H34O3. The monoisotopic (exact) mass is 274 g/mol. The molecule has 3 heteroatoms. The molecule has 0 atom stereocenters. The molecule has 2 N–H and O–H groups in total. The molecule has 1 fully saturated rings. The first-order valence-electron chi connectivity index (χ1n) is 8.15. The number of unbranched alkanes of at least 4 members (excludes halogenated alkanes) is 4. The summed E-state index contributed by atoms with van der Waals surface area (Å²) in [4.78, 5) is 0. The highest BCUT2D eigenvalue weighted by Gasteiger charge is 2.24. The topological polar surface area (TPSA) is 49.7 Å². The third-order valence-electron chi connectivity index (χ3n) is 3.44. The van der Waals surface area contributed by atoms with Crippen molar-refractivity contribution in [3.63, 3.8) is 0 Å². The van der Waals surface area contributed by atoms with Gasteiger partial charge in [-0.05, 0) is 25.7 Å². The van der Waals surface area contributed by atoms with Crippen LogP contribution in [0.25, 0.3) is 0 Å². The van der Waals surface area contributed by atoms with Crippen molar-refractivity contribution in [2.75, 3.05) is 13.2 Å². The minimum atomic E-state index is -1.32. The van der Waals surface area contributed by atoms with Crippen LogP contribution in [0.3, 0.4) is 0 Å². The standard InChI is InChI=1S/C10H22O.C6H12O2/c1-3-5-7-9-11-10-8-6-4-2;7-6(8)4-2-1-3-5-6/h3-10H2,1-2H3;7-8H,1-5H2. The summed E-state index contributed by atoms with van der Waals surface area (Å²) in [6.45, 7) is 6.38. The van der Waals surface area contributed by atoms with E-state index in [1.807, 2.05) is 0 Å². The molecule has 1 aliphatic rings. The van der Waals surface area contributed by atoms with Crippen molar-refractivity contribution in [3.8, 4) is 0 Å². The minimum absolute atomic E-state index is 0.562. The summed E-state index contributed by atoms with van der Waals surface area (Å²) in [6, 6.07) is 0. The normalized spacial score (nSPS) is 17.7. The summed E-state index contributed by atoms with van der Waals surface area (Å²) in [5.41, 5.74) is 0. The van der Waals surface area contributed by atoms with E-state index >= 15 is 0 Å². The van der Waals surface area contributed by atoms with Gasteiger partial charge in [0, 0.05) is 26.1 Å². The van der Waals surface area contributed by atoms with Crippen molar-refractivity contribution < 1.29 is 14.9 Å². The van der Waals surface area contributed by atoms with Crippen molar-refractivity contribution in [1.29, 1.82) is 0 Å². The highest BCUT2D eigenvalue weighted by atomic mass is 16.5. The van der Waals surface area contributed by atoms with Gasteiger partial charge in [-0.3, -0.25) is 0 Å². The summed E-state index contributed by atoms with van der Waals surface area (Å²) < 4.78 is 5.44. The molecular weight excluding hydrogens is 240 g/mol. The first-order chi connectivity index (χ1) is 9.12. The minimum Gasteiger partial charge on any atom is -0.381 e. The summed E-state index contributed by atoms with van der Waals surface area (Å²) in [5, 5.41) is 17.9. The van der Waals surface area contributed by atoms with Crippen LogP contribution in [0.15, 0.2) is 0 Å². The van der Waals surface area contributed by atoms with E-state index in [0.717, 1.165) is 32.5 Å². The van der Waals surface area contributed by atoms with Crippen molar-refractivity contribution in [1.82, 2.24) is 0 Å². The summed E-state index contributed by atoms with van der Waals surface area (Å²) in [6.07, 6.45) is 11.9. The molecule has 0 aromatic rings. The van der Waals surface area contributed by atoms with Crippen LogP contribution in [0.1, 0.15) is 84.5 Å². The van der Waals surface area contributed by atoms with Crippen molar-refractivity contribution >= 4 is 0 Å². The van der Waals surface area contributed by atoms with E-state index in [2.05, 4.69) is 13.8 Å². The Bertz CT molecular complexity index is 165. The van der Waals surface area contributed by atoms with Crippen molar-refractivity contribution in [2.24, 2.45) is 0 Å². The van der Waals surface area contributed by atoms with Gasteiger partial charge in [-0.25, -0.2) is 0 Å². The number of hydrogen-bond donors (Lipinski definition) is 2. The molecule has 0 spiro atoms. The lowest BCUT2D eigenvalue weighted by Crippen LogP contribution is -2.30. The van der Waals surface area contributed by atoms with E-state index in [1.165, 1.54) is 38.5 Å². The number of aliphatic hydroxyl groups is 2. The predicted octanol–water partition coefficient (Wildman–Crippen LogP) is 4.01. The summed E-state index contributed by atoms with van der Waals surface area (Å²) >= 11 is 0. The first-order valence-corrected chi connectivity index (χ1v) is 8.15. The van der Waals surface area contributed by atoms with Gasteiger partial charge in [-0.2, -0.15) is 0 Å². The zero-order valence-electron chi connectivity index (χ0n) is 13.0. The second-order valence-electron chi connectivity index (χ2n) is 5.57. The Kier molecular flexibility index (Phi) is 12.8. The third kappa shape index (κ3) is 14.1. The molecule has 19 heavy (non-hydrogen) atoms. The Labute approximate surface area is 119 Å². The largest absolute Gasteiger partial charge is 0.381 e. The van der Waals surface area contributed by atoms with Crippen LogP contribution in [0.4, 0.5) is 0 Å². The third-order valence-corrected chi connectivity index (χ3v) is 3.44. The Morgan fingerprint density at radius 1 is 0.789 bits per heavy atom. The van der Waals surface area contributed by atoms with E-state index in [1.54, 1.807) is 0 Å². The van der Waals surface area contributed by atoms with Gasteiger partial charge in [-0.15, -0.1) is 0 Å². The fourth-order valence-electron chi connectivity index (χ4n) is 2.13. The van der Waals surface area contributed by atoms with Crippen LogP contribution in [0, 0.1) is 0 Å². The SMILES string of the molecule is CCCCCOCCCCC.OC1(O)CCCCC1. The molecule has 1 aliphatic carbocycles. The number of rotatable bonds is 8. The van der Waals surface area contributed by atoms with Crippen LogP contribution in [-0.4, -0.2) is 29.2 Å². The van der Waals surface area contributed by atoms with Crippen molar-refractivity contribution in [2.45, 2.75) is 90.3 Å². The Morgan fingerprint density at radius 2 is 1.26 bits per heavy atom. The smallest absolute Gasteiger partial charge is 0.162 e. The van der Waals surface area contributed by atoms with E-state index in [9.17, 15) is 0 Å². The predicted molar refractivity (Wildman–Crippen MR) is 80.1 cm³/mol. The van der Waals surface area contributed by atoms with Gasteiger partial charge >= 0.3 is 0 Å². The van der Waals surface area contributed by atoms with Gasteiger partial charge in [0.1, 0.15) is 0 Å². The van der Waals surface area contributed by atoms with Crippen LogP contribution in [0.5, 0.6) is 0 Å². The van der Waals surface area contributed by atoms with Gasteiger partial charge in [-0.1, -0.05) is 46.0 Å². The van der Waals surface area contributed by atoms with Gasteiger partial charge in [0.2, 0.25) is 0 Å². The average Bonchev–Trinajstić information content (AvgIpc) is 2.38. The van der Waals surface area contributed by atoms with E-state index in [4.69, 9.17) is 14.9 Å². The molecule has 0 aromatic heterocycles. The molecule has 0 amide bonds. The maximum absolute atomic E-state index is 8.93. The van der Waals surface area contributed by atoms with Gasteiger partial charge in [0.25, 0.3) is 0 Å². The second kappa shape index (κ2) is 12.9. The Balaban J connectivity index is 0.000000356. The van der Waals surface area contributed by atoms with E-state index < -0.39 is 5.79 Å². The molecule has 1 rings (SSSR count). The van der Waals surface area contributed by atoms with Gasteiger partial charge in [0.05, 0.1) is 0 Å². The highest BCUT2D eigenvalue weighted by molar-refractivity contribution is 4.69. The maximum Gasteiger partial charge on any atom is 0.162 e. The second-order valence-corrected chi connectivity index (χ2v) is 5.57. The zero-order chi connectivity index (χ0) is 14.4. The van der Waals surface area contributed by atoms with Crippen LogP contribution in [-0.2, 0) is 4.74 Å². The Morgan fingerprint density at radius 3 is 1.58 bits per heavy atom. The molecule has 3 nitrogen and oxygen atoms in total. The molecule has 0 unspecified atom stereocenters. The Hall–Kier alpha value is -0.120. The van der Waals surface area contributed by atoms with Gasteiger partial charge < -0.3 is 14.9 Å². The van der Waals surface area contributed by atoms with E-state index in [-0.39, 0.29) is 0 Å². The quantitative estimate of drug-likeness (QED) is 0.519. The lowest BCUT2D eigenvalue weighted by atomic mass is 9.95. The zero-order valence-corrected chi connectivity index (χ0v) is 13.0. The average molecular weight is 274 g/mol. The highest BCUT2D eigenvalue weighted by Crippen LogP contribution is 2.24. The molecule has 0 heterocycles. The van der Waals surface area contributed by atoms with Crippen molar-refractivity contribution in [3.05, 3.63) is 0 Å².